The fraction of sp³-hybridized carbons (Fsp3) is 0.571. The number of nitrogens with two attached hydrogens (primary N) is 1. The number of hydrogen-bond acceptors (Lipinski definition) is 2. The Balaban J connectivity index is 2.17. The van der Waals surface area contributed by atoms with Crippen LogP contribution >= 0.6 is 15.9 Å². The topological polar surface area (TPSA) is 29.3 Å². The van der Waals surface area contributed by atoms with Crippen molar-refractivity contribution in [2.75, 3.05) is 18.0 Å². The van der Waals surface area contributed by atoms with E-state index in [4.69, 9.17) is 5.73 Å². The van der Waals surface area contributed by atoms with Crippen LogP contribution in [0.4, 0.5) is 5.69 Å². The monoisotopic (exact) mass is 296 g/mol. The summed E-state index contributed by atoms with van der Waals surface area (Å²) in [6.07, 6.45) is 1.16. The average Bonchev–Trinajstić information content (AvgIpc) is 2.26. The number of aryl methyl sites for hydroxylation is 1. The predicted molar refractivity (Wildman–Crippen MR) is 77.5 cm³/mol. The van der Waals surface area contributed by atoms with Crippen molar-refractivity contribution >= 4 is 21.6 Å². The minimum atomic E-state index is 0.250. The first-order valence-electron chi connectivity index (χ1n) is 6.17. The molecule has 1 aliphatic rings. The quantitative estimate of drug-likeness (QED) is 0.861. The van der Waals surface area contributed by atoms with Gasteiger partial charge >= 0.3 is 0 Å². The Kier molecular flexibility index (Phi) is 3.50. The van der Waals surface area contributed by atoms with Crippen molar-refractivity contribution in [2.45, 2.75) is 33.2 Å². The molecule has 0 aliphatic carbocycles. The van der Waals surface area contributed by atoms with Crippen LogP contribution in [-0.2, 0) is 0 Å². The second-order valence-electron chi connectivity index (χ2n) is 5.72. The molecule has 0 amide bonds. The Morgan fingerprint density at radius 3 is 2.71 bits per heavy atom. The number of nitrogens with zero attached hydrogens (tertiary/aromatic N) is 1. The van der Waals surface area contributed by atoms with Crippen molar-refractivity contribution in [2.24, 2.45) is 11.1 Å². The molecule has 0 radical (unpaired) electrons. The third kappa shape index (κ3) is 2.66. The Morgan fingerprint density at radius 1 is 1.41 bits per heavy atom. The lowest BCUT2D eigenvalue weighted by molar-refractivity contribution is 0.235. The van der Waals surface area contributed by atoms with Crippen LogP contribution in [0.15, 0.2) is 22.7 Å². The molecular weight excluding hydrogens is 276 g/mol. The first-order chi connectivity index (χ1) is 7.90. The summed E-state index contributed by atoms with van der Waals surface area (Å²) >= 11 is 3.54. The molecule has 2 rings (SSSR count). The first-order valence-corrected chi connectivity index (χ1v) is 6.96. The molecule has 0 bridgehead atoms. The minimum absolute atomic E-state index is 0.250. The molecule has 2 nitrogen and oxygen atoms in total. The van der Waals surface area contributed by atoms with Crippen LogP contribution in [0, 0.1) is 12.3 Å². The number of anilines is 1. The highest BCUT2D eigenvalue weighted by molar-refractivity contribution is 9.10. The fourth-order valence-corrected chi connectivity index (χ4v) is 2.49. The second kappa shape index (κ2) is 4.62. The van der Waals surface area contributed by atoms with Gasteiger partial charge in [-0.15, -0.1) is 0 Å². The van der Waals surface area contributed by atoms with E-state index in [2.05, 4.69) is 59.8 Å². The van der Waals surface area contributed by atoms with E-state index in [1.54, 1.807) is 0 Å². The lowest BCUT2D eigenvalue weighted by atomic mass is 9.78. The lowest BCUT2D eigenvalue weighted by Crippen LogP contribution is -2.52. The third-order valence-electron chi connectivity index (χ3n) is 3.95. The van der Waals surface area contributed by atoms with Crippen LogP contribution < -0.4 is 10.6 Å². The zero-order valence-electron chi connectivity index (χ0n) is 10.8. The van der Waals surface area contributed by atoms with Crippen LogP contribution in [0.25, 0.3) is 0 Å². The summed E-state index contributed by atoms with van der Waals surface area (Å²) in [5, 5.41) is 0. The molecule has 1 fully saturated rings. The van der Waals surface area contributed by atoms with Gasteiger partial charge < -0.3 is 10.6 Å². The van der Waals surface area contributed by atoms with Crippen molar-refractivity contribution < 1.29 is 0 Å². The standard InChI is InChI=1S/C14H21BrN2/c1-10-8-11(4-5-12(10)15)17-7-6-14(2,3)13(16)9-17/h4-5,8,13H,6-7,9,16H2,1-3H3. The molecule has 1 heterocycles. The molecule has 17 heavy (non-hydrogen) atoms. The van der Waals surface area contributed by atoms with E-state index in [-0.39, 0.29) is 11.5 Å². The van der Waals surface area contributed by atoms with Crippen LogP contribution in [-0.4, -0.2) is 19.1 Å². The summed E-state index contributed by atoms with van der Waals surface area (Å²) in [6.45, 7) is 8.71. The third-order valence-corrected chi connectivity index (χ3v) is 4.84. The van der Waals surface area contributed by atoms with Gasteiger partial charge in [0.1, 0.15) is 0 Å². The van der Waals surface area contributed by atoms with E-state index < -0.39 is 0 Å². The summed E-state index contributed by atoms with van der Waals surface area (Å²) < 4.78 is 1.17. The molecule has 1 aromatic carbocycles. The van der Waals surface area contributed by atoms with E-state index >= 15 is 0 Å². The molecule has 1 aromatic rings. The van der Waals surface area contributed by atoms with Gasteiger partial charge in [0, 0.05) is 29.3 Å². The number of halogens is 1. The molecule has 94 valence electrons. The van der Waals surface area contributed by atoms with Gasteiger partial charge in [-0.25, -0.2) is 0 Å². The maximum Gasteiger partial charge on any atom is 0.0370 e. The van der Waals surface area contributed by atoms with Crippen molar-refractivity contribution in [1.82, 2.24) is 0 Å². The van der Waals surface area contributed by atoms with Crippen molar-refractivity contribution in [3.63, 3.8) is 0 Å². The maximum atomic E-state index is 6.26. The van der Waals surface area contributed by atoms with Crippen LogP contribution in [0.2, 0.25) is 0 Å². The van der Waals surface area contributed by atoms with Gasteiger partial charge in [0.2, 0.25) is 0 Å². The normalized spacial score (nSPS) is 23.8. The van der Waals surface area contributed by atoms with Crippen LogP contribution in [0.5, 0.6) is 0 Å². The largest absolute Gasteiger partial charge is 0.370 e. The summed E-state index contributed by atoms with van der Waals surface area (Å²) in [6, 6.07) is 6.77. The van der Waals surface area contributed by atoms with E-state index in [1.165, 1.54) is 15.7 Å². The molecule has 3 heteroatoms. The van der Waals surface area contributed by atoms with E-state index in [0.29, 0.717) is 0 Å². The Hall–Kier alpha value is -0.540. The van der Waals surface area contributed by atoms with E-state index in [0.717, 1.165) is 19.5 Å². The molecule has 1 atom stereocenters. The van der Waals surface area contributed by atoms with Gasteiger partial charge in [-0.05, 0) is 42.5 Å². The van der Waals surface area contributed by atoms with Gasteiger partial charge in [0.05, 0.1) is 0 Å². The highest BCUT2D eigenvalue weighted by atomic mass is 79.9. The SMILES string of the molecule is Cc1cc(N2CCC(C)(C)C(N)C2)ccc1Br. The summed E-state index contributed by atoms with van der Waals surface area (Å²) in [5.41, 5.74) is 9.09. The van der Waals surface area contributed by atoms with Crippen LogP contribution in [0.3, 0.4) is 0 Å². The maximum absolute atomic E-state index is 6.26. The van der Waals surface area contributed by atoms with Gasteiger partial charge in [-0.1, -0.05) is 29.8 Å². The first kappa shape index (κ1) is 12.9. The van der Waals surface area contributed by atoms with E-state index in [1.807, 2.05) is 0 Å². The second-order valence-corrected chi connectivity index (χ2v) is 6.58. The Labute approximate surface area is 112 Å². The lowest BCUT2D eigenvalue weighted by Gasteiger charge is -2.43. The molecule has 0 saturated carbocycles. The molecule has 1 aliphatic heterocycles. The van der Waals surface area contributed by atoms with Gasteiger partial charge in [0.15, 0.2) is 0 Å². The summed E-state index contributed by atoms with van der Waals surface area (Å²) in [4.78, 5) is 2.40. The Bertz CT molecular complexity index is 415. The number of benzene rings is 1. The fourth-order valence-electron chi connectivity index (χ4n) is 2.24. The van der Waals surface area contributed by atoms with Gasteiger partial charge in [-0.3, -0.25) is 0 Å². The van der Waals surface area contributed by atoms with Crippen molar-refractivity contribution in [3.05, 3.63) is 28.2 Å². The molecule has 2 N–H and O–H groups in total. The van der Waals surface area contributed by atoms with E-state index in [9.17, 15) is 0 Å². The minimum Gasteiger partial charge on any atom is -0.370 e. The predicted octanol–water partition coefficient (Wildman–Crippen LogP) is 3.32. The van der Waals surface area contributed by atoms with Gasteiger partial charge in [-0.2, -0.15) is 0 Å². The Morgan fingerprint density at radius 2 is 2.12 bits per heavy atom. The number of piperidine rings is 1. The zero-order valence-corrected chi connectivity index (χ0v) is 12.4. The average molecular weight is 297 g/mol. The highest BCUT2D eigenvalue weighted by Gasteiger charge is 2.32. The highest BCUT2D eigenvalue weighted by Crippen LogP contribution is 2.32. The molecule has 0 aromatic heterocycles. The van der Waals surface area contributed by atoms with Gasteiger partial charge in [0.25, 0.3) is 0 Å². The summed E-state index contributed by atoms with van der Waals surface area (Å²) in [7, 11) is 0. The molecule has 0 spiro atoms. The summed E-state index contributed by atoms with van der Waals surface area (Å²) in [5.74, 6) is 0. The molecule has 1 unspecified atom stereocenters. The number of hydrogen-bond donors (Lipinski definition) is 1. The smallest absolute Gasteiger partial charge is 0.0370 e. The zero-order chi connectivity index (χ0) is 12.6. The van der Waals surface area contributed by atoms with Crippen molar-refractivity contribution in [3.8, 4) is 0 Å². The van der Waals surface area contributed by atoms with Crippen LogP contribution in [0.1, 0.15) is 25.8 Å². The van der Waals surface area contributed by atoms with Crippen molar-refractivity contribution in [1.29, 1.82) is 0 Å². The molecular formula is C14H21BrN2. The molecule has 1 saturated heterocycles. The number of rotatable bonds is 1.